The first kappa shape index (κ1) is 15.6. The smallest absolute Gasteiger partial charge is 0.230 e. The molecule has 0 spiro atoms. The molecule has 118 valence electrons. The largest absolute Gasteiger partial charge is 0.300 e. The van der Waals surface area contributed by atoms with Crippen LogP contribution in [0.2, 0.25) is 0 Å². The molecular weight excluding hydrogens is 306 g/mol. The van der Waals surface area contributed by atoms with E-state index in [1.54, 1.807) is 0 Å². The molecule has 1 aromatic heterocycles. The molecule has 0 atom stereocenters. The molecule has 1 amide bonds. The third kappa shape index (κ3) is 4.13. The zero-order valence-electron chi connectivity index (χ0n) is 13.1. The van der Waals surface area contributed by atoms with Crippen LogP contribution < -0.4 is 5.32 Å². The van der Waals surface area contributed by atoms with Crippen molar-refractivity contribution in [3.8, 4) is 0 Å². The van der Waals surface area contributed by atoms with E-state index in [2.05, 4.69) is 40.6 Å². The number of carbonyl (C=O) groups excluding carboxylic acids is 1. The fourth-order valence-corrected chi connectivity index (χ4v) is 3.23. The number of rotatable bonds is 6. The summed E-state index contributed by atoms with van der Waals surface area (Å²) >= 11 is 1.46. The molecule has 0 saturated carbocycles. The van der Waals surface area contributed by atoms with Gasteiger partial charge in [0.2, 0.25) is 11.0 Å². The van der Waals surface area contributed by atoms with E-state index in [1.165, 1.54) is 16.7 Å². The van der Waals surface area contributed by atoms with Crippen LogP contribution >= 0.6 is 11.3 Å². The van der Waals surface area contributed by atoms with E-state index >= 15 is 0 Å². The van der Waals surface area contributed by atoms with Crippen LogP contribution in [0.5, 0.6) is 0 Å². The van der Waals surface area contributed by atoms with Crippen LogP contribution in [0.1, 0.15) is 30.3 Å². The van der Waals surface area contributed by atoms with Gasteiger partial charge in [-0.3, -0.25) is 4.79 Å². The van der Waals surface area contributed by atoms with Gasteiger partial charge < -0.3 is 5.32 Å². The molecule has 1 heterocycles. The van der Waals surface area contributed by atoms with Crippen LogP contribution in [-0.2, 0) is 17.6 Å². The van der Waals surface area contributed by atoms with Crippen molar-refractivity contribution < 1.29 is 4.79 Å². The number of nitrogens with one attached hydrogen (secondary N) is 1. The maximum atomic E-state index is 12.2. The van der Waals surface area contributed by atoms with E-state index in [1.807, 2.05) is 24.3 Å². The molecule has 4 nitrogen and oxygen atoms in total. The Morgan fingerprint density at radius 2 is 1.96 bits per heavy atom. The van der Waals surface area contributed by atoms with Crippen molar-refractivity contribution in [3.63, 3.8) is 0 Å². The highest BCUT2D eigenvalue weighted by Gasteiger charge is 2.09. The number of amides is 1. The summed E-state index contributed by atoms with van der Waals surface area (Å²) < 4.78 is 0. The van der Waals surface area contributed by atoms with Crippen molar-refractivity contribution in [2.24, 2.45) is 0 Å². The molecule has 0 bridgehead atoms. The molecule has 23 heavy (non-hydrogen) atoms. The second kappa shape index (κ2) is 7.33. The lowest BCUT2D eigenvalue weighted by Crippen LogP contribution is -2.14. The maximum Gasteiger partial charge on any atom is 0.230 e. The number of unbranched alkanes of at least 4 members (excludes halogenated alkanes) is 1. The van der Waals surface area contributed by atoms with Gasteiger partial charge in [-0.15, -0.1) is 10.2 Å². The lowest BCUT2D eigenvalue weighted by Gasteiger charge is -2.04. The minimum Gasteiger partial charge on any atom is -0.300 e. The predicted octanol–water partition coefficient (Wildman–Crippen LogP) is 4.22. The van der Waals surface area contributed by atoms with E-state index in [4.69, 9.17) is 0 Å². The number of hydrogen-bond acceptors (Lipinski definition) is 4. The van der Waals surface area contributed by atoms with Crippen LogP contribution in [-0.4, -0.2) is 16.1 Å². The molecule has 1 N–H and O–H groups in total. The lowest BCUT2D eigenvalue weighted by atomic mass is 10.1. The minimum absolute atomic E-state index is 0.0570. The highest BCUT2D eigenvalue weighted by atomic mass is 32.1. The van der Waals surface area contributed by atoms with E-state index in [-0.39, 0.29) is 5.91 Å². The van der Waals surface area contributed by atoms with E-state index in [9.17, 15) is 4.79 Å². The number of aryl methyl sites for hydroxylation is 1. The first-order valence-corrected chi connectivity index (χ1v) is 8.66. The molecule has 5 heteroatoms. The predicted molar refractivity (Wildman–Crippen MR) is 94.8 cm³/mol. The first-order valence-electron chi connectivity index (χ1n) is 7.84. The Balaban J connectivity index is 1.62. The summed E-state index contributed by atoms with van der Waals surface area (Å²) in [6, 6.07) is 14.2. The van der Waals surface area contributed by atoms with Crippen LogP contribution in [0.4, 0.5) is 5.13 Å². The average molecular weight is 325 g/mol. The number of anilines is 1. The molecule has 0 aliphatic rings. The van der Waals surface area contributed by atoms with Gasteiger partial charge in [-0.05, 0) is 22.8 Å². The Hall–Kier alpha value is -2.27. The van der Waals surface area contributed by atoms with Crippen LogP contribution in [0.25, 0.3) is 10.8 Å². The summed E-state index contributed by atoms with van der Waals surface area (Å²) in [5.41, 5.74) is 0.997. The lowest BCUT2D eigenvalue weighted by molar-refractivity contribution is -0.115. The minimum atomic E-state index is -0.0570. The molecule has 0 radical (unpaired) electrons. The van der Waals surface area contributed by atoms with Crippen molar-refractivity contribution in [1.82, 2.24) is 10.2 Å². The van der Waals surface area contributed by atoms with Gasteiger partial charge in [0.1, 0.15) is 5.01 Å². The number of fused-ring (bicyclic) bond motifs is 1. The Labute approximate surface area is 139 Å². The molecule has 3 rings (SSSR count). The quantitative estimate of drug-likeness (QED) is 0.738. The Bertz CT molecular complexity index is 813. The van der Waals surface area contributed by atoms with E-state index < -0.39 is 0 Å². The highest BCUT2D eigenvalue weighted by molar-refractivity contribution is 7.15. The van der Waals surface area contributed by atoms with Gasteiger partial charge in [-0.2, -0.15) is 0 Å². The number of aromatic nitrogens is 2. The second-order valence-electron chi connectivity index (χ2n) is 5.51. The van der Waals surface area contributed by atoms with E-state index in [0.29, 0.717) is 11.6 Å². The molecule has 0 fully saturated rings. The fourth-order valence-electron chi connectivity index (χ4n) is 2.43. The third-order valence-electron chi connectivity index (χ3n) is 3.64. The highest BCUT2D eigenvalue weighted by Crippen LogP contribution is 2.19. The molecular formula is C18H19N3OS. The fraction of sp³-hybridized carbons (Fsp3) is 0.278. The number of nitrogens with zero attached hydrogens (tertiary/aromatic N) is 2. The number of carbonyl (C=O) groups is 1. The number of hydrogen-bond donors (Lipinski definition) is 1. The Morgan fingerprint density at radius 1 is 1.13 bits per heavy atom. The van der Waals surface area contributed by atoms with Gasteiger partial charge in [0, 0.05) is 6.42 Å². The molecule has 0 unspecified atom stereocenters. The van der Waals surface area contributed by atoms with Crippen molar-refractivity contribution in [3.05, 3.63) is 53.0 Å². The number of benzene rings is 2. The zero-order valence-corrected chi connectivity index (χ0v) is 13.9. The van der Waals surface area contributed by atoms with Crippen molar-refractivity contribution in [2.45, 2.75) is 32.6 Å². The molecule has 2 aromatic carbocycles. The SMILES string of the molecule is CCCCc1nnc(NC(=O)Cc2ccc3ccccc3c2)s1. The first-order chi connectivity index (χ1) is 11.2. The normalized spacial score (nSPS) is 10.8. The molecule has 0 saturated heterocycles. The van der Waals surface area contributed by atoms with Crippen molar-refractivity contribution in [2.75, 3.05) is 5.32 Å². The summed E-state index contributed by atoms with van der Waals surface area (Å²) in [4.78, 5) is 12.2. The van der Waals surface area contributed by atoms with Crippen LogP contribution in [0.15, 0.2) is 42.5 Å². The monoisotopic (exact) mass is 325 g/mol. The van der Waals surface area contributed by atoms with Gasteiger partial charge in [0.15, 0.2) is 0 Å². The Kier molecular flexibility index (Phi) is 4.98. The van der Waals surface area contributed by atoms with E-state index in [0.717, 1.165) is 35.2 Å². The zero-order chi connectivity index (χ0) is 16.1. The summed E-state index contributed by atoms with van der Waals surface area (Å²) in [5.74, 6) is -0.0570. The standard InChI is InChI=1S/C18H19N3OS/c1-2-3-8-17-20-21-18(23-17)19-16(22)12-13-9-10-14-6-4-5-7-15(14)11-13/h4-7,9-11H,2-3,8,12H2,1H3,(H,19,21,22). The van der Waals surface area contributed by atoms with Gasteiger partial charge in [-0.1, -0.05) is 67.1 Å². The van der Waals surface area contributed by atoms with Gasteiger partial charge in [0.05, 0.1) is 6.42 Å². The van der Waals surface area contributed by atoms with Gasteiger partial charge in [-0.25, -0.2) is 0 Å². The summed E-state index contributed by atoms with van der Waals surface area (Å²) in [7, 11) is 0. The van der Waals surface area contributed by atoms with Gasteiger partial charge >= 0.3 is 0 Å². The second-order valence-corrected chi connectivity index (χ2v) is 6.57. The summed E-state index contributed by atoms with van der Waals surface area (Å²) in [6.07, 6.45) is 3.49. The average Bonchev–Trinajstić information content (AvgIpc) is 3.00. The Morgan fingerprint density at radius 3 is 2.78 bits per heavy atom. The van der Waals surface area contributed by atoms with Crippen molar-refractivity contribution >= 4 is 33.1 Å². The van der Waals surface area contributed by atoms with Gasteiger partial charge in [0.25, 0.3) is 0 Å². The molecule has 0 aliphatic carbocycles. The summed E-state index contributed by atoms with van der Waals surface area (Å²) in [5, 5.41) is 14.9. The third-order valence-corrected chi connectivity index (χ3v) is 4.53. The van der Waals surface area contributed by atoms with Crippen LogP contribution in [0.3, 0.4) is 0 Å². The molecule has 0 aliphatic heterocycles. The summed E-state index contributed by atoms with van der Waals surface area (Å²) in [6.45, 7) is 2.15. The molecule has 3 aromatic rings. The van der Waals surface area contributed by atoms with Crippen molar-refractivity contribution in [1.29, 1.82) is 0 Å². The maximum absolute atomic E-state index is 12.2. The van der Waals surface area contributed by atoms with Crippen LogP contribution in [0, 0.1) is 0 Å². The topological polar surface area (TPSA) is 54.9 Å².